The largest absolute Gasteiger partial charge is 0.384 e. The van der Waals surface area contributed by atoms with Crippen LogP contribution in [0, 0.1) is 0 Å². The molecule has 2 atom stereocenters. The van der Waals surface area contributed by atoms with Crippen molar-refractivity contribution in [2.45, 2.75) is 47.7 Å². The lowest BCUT2D eigenvalue weighted by atomic mass is 9.92. The average molecular weight is 446 g/mol. The lowest BCUT2D eigenvalue weighted by molar-refractivity contribution is -0.412. The molecule has 0 aliphatic carbocycles. The molecule has 0 aliphatic rings. The molecular formula is C8H4F14O3S. The van der Waals surface area contributed by atoms with Crippen LogP contribution in [-0.2, 0) is 10.1 Å². The fourth-order valence-electron chi connectivity index (χ4n) is 1.28. The minimum absolute atomic E-state index is 5.17. The molecule has 0 aromatic carbocycles. The summed E-state index contributed by atoms with van der Waals surface area (Å²) in [6, 6.07) is 0. The van der Waals surface area contributed by atoms with Crippen molar-refractivity contribution in [1.82, 2.24) is 0 Å². The molecule has 26 heavy (non-hydrogen) atoms. The Labute approximate surface area is 133 Å². The minimum Gasteiger partial charge on any atom is -0.283 e. The molecule has 0 amide bonds. The second kappa shape index (κ2) is 6.52. The Balaban J connectivity index is 6.44. The van der Waals surface area contributed by atoms with Crippen molar-refractivity contribution in [3.8, 4) is 0 Å². The van der Waals surface area contributed by atoms with Gasteiger partial charge >= 0.3 is 39.7 Å². The zero-order valence-electron chi connectivity index (χ0n) is 11.2. The molecule has 0 rings (SSSR count). The Hall–Kier alpha value is -1.07. The Kier molecular flexibility index (Phi) is 6.25. The Bertz CT molecular complexity index is 614. The van der Waals surface area contributed by atoms with Gasteiger partial charge in [0, 0.05) is 0 Å². The van der Waals surface area contributed by atoms with Crippen molar-refractivity contribution in [1.29, 1.82) is 0 Å². The molecule has 0 spiro atoms. The first kappa shape index (κ1) is 24.9. The summed E-state index contributed by atoms with van der Waals surface area (Å²) in [4.78, 5) is 0. The van der Waals surface area contributed by atoms with E-state index in [2.05, 4.69) is 0 Å². The molecular weight excluding hydrogens is 442 g/mol. The van der Waals surface area contributed by atoms with Crippen molar-refractivity contribution in [3.63, 3.8) is 0 Å². The summed E-state index contributed by atoms with van der Waals surface area (Å²) in [5.41, 5.74) is -5.73. The quantitative estimate of drug-likeness (QED) is 0.454. The highest BCUT2D eigenvalue weighted by Crippen LogP contribution is 2.59. The molecule has 0 saturated carbocycles. The first-order chi connectivity index (χ1) is 11.0. The highest BCUT2D eigenvalue weighted by molar-refractivity contribution is 7.86. The molecule has 0 aromatic heterocycles. The van der Waals surface area contributed by atoms with Gasteiger partial charge in [0.25, 0.3) is 11.9 Å². The first-order valence-electron chi connectivity index (χ1n) is 5.42. The summed E-state index contributed by atoms with van der Waals surface area (Å²) < 4.78 is 206. The summed E-state index contributed by atoms with van der Waals surface area (Å²) in [6.45, 7) is 0. The van der Waals surface area contributed by atoms with Gasteiger partial charge in [0.1, 0.15) is 0 Å². The van der Waals surface area contributed by atoms with Crippen LogP contribution in [0.3, 0.4) is 0 Å². The summed E-state index contributed by atoms with van der Waals surface area (Å²) in [5.74, 6) is -39.1. The third-order valence-corrected chi connectivity index (χ3v) is 3.56. The summed E-state index contributed by atoms with van der Waals surface area (Å²) >= 11 is 0. The number of rotatable bonds is 8. The molecule has 0 bridgehead atoms. The highest BCUT2D eigenvalue weighted by Gasteiger charge is 2.89. The maximum Gasteiger partial charge on any atom is 0.384 e. The van der Waals surface area contributed by atoms with E-state index < -0.39 is 57.8 Å². The molecule has 0 saturated heterocycles. The van der Waals surface area contributed by atoms with E-state index in [1.807, 2.05) is 0 Å². The van der Waals surface area contributed by atoms with Gasteiger partial charge in [-0.05, 0) is 0 Å². The molecule has 0 aliphatic heterocycles. The fourth-order valence-corrected chi connectivity index (χ4v) is 1.80. The summed E-state index contributed by atoms with van der Waals surface area (Å²) in [5, 5.41) is 0. The van der Waals surface area contributed by atoms with Crippen LogP contribution in [0.4, 0.5) is 61.5 Å². The van der Waals surface area contributed by atoms with E-state index in [1.165, 1.54) is 0 Å². The van der Waals surface area contributed by atoms with Crippen LogP contribution in [0.25, 0.3) is 0 Å². The van der Waals surface area contributed by atoms with E-state index in [0.717, 1.165) is 0 Å². The zero-order chi connectivity index (χ0) is 21.7. The van der Waals surface area contributed by atoms with E-state index in [1.54, 1.807) is 0 Å². The number of hydrogen-bond acceptors (Lipinski definition) is 2. The van der Waals surface area contributed by atoms with Crippen LogP contribution in [0.5, 0.6) is 0 Å². The standard InChI is InChI=1S/C8H4F14O3S/c9-1(2(10)11)4(13,14)6(17,18)8(21,22)7(19,20)5(15,16)3(12)26(23,24)25/h1-3H,(H,23,24,25). The predicted octanol–water partition coefficient (Wildman–Crippen LogP) is 3.95. The Morgan fingerprint density at radius 3 is 1.19 bits per heavy atom. The summed E-state index contributed by atoms with van der Waals surface area (Å²) in [6.07, 6.45) is -10.7. The second-order valence-electron chi connectivity index (χ2n) is 4.54. The maximum atomic E-state index is 13.0. The van der Waals surface area contributed by atoms with Gasteiger partial charge in [-0.1, -0.05) is 0 Å². The smallest absolute Gasteiger partial charge is 0.283 e. The third-order valence-electron chi connectivity index (χ3n) is 2.74. The van der Waals surface area contributed by atoms with Crippen molar-refractivity contribution in [2.75, 3.05) is 0 Å². The van der Waals surface area contributed by atoms with Crippen molar-refractivity contribution in [2.24, 2.45) is 0 Å². The SMILES string of the molecule is O=S(=O)(O)C(F)C(F)(F)C(F)(F)C(F)(F)C(F)(F)C(F)(F)C(F)C(F)F. The second-order valence-corrected chi connectivity index (χ2v) is 5.98. The highest BCUT2D eigenvalue weighted by atomic mass is 32.2. The molecule has 1 N–H and O–H groups in total. The summed E-state index contributed by atoms with van der Waals surface area (Å²) in [7, 11) is -6.97. The molecule has 18 heteroatoms. The number of alkyl halides is 14. The van der Waals surface area contributed by atoms with Gasteiger partial charge in [-0.15, -0.1) is 0 Å². The van der Waals surface area contributed by atoms with Crippen molar-refractivity contribution < 1.29 is 74.4 Å². The van der Waals surface area contributed by atoms with Gasteiger partial charge in [0.05, 0.1) is 0 Å². The molecule has 0 radical (unpaired) electrons. The lowest BCUT2D eigenvalue weighted by Crippen LogP contribution is -2.71. The topological polar surface area (TPSA) is 54.4 Å². The first-order valence-corrected chi connectivity index (χ1v) is 6.93. The molecule has 0 aromatic rings. The third kappa shape index (κ3) is 3.40. The zero-order valence-corrected chi connectivity index (χ0v) is 12.0. The van der Waals surface area contributed by atoms with Crippen LogP contribution < -0.4 is 0 Å². The van der Waals surface area contributed by atoms with E-state index in [9.17, 15) is 69.9 Å². The van der Waals surface area contributed by atoms with Crippen molar-refractivity contribution >= 4 is 10.1 Å². The van der Waals surface area contributed by atoms with Crippen LogP contribution in [0.1, 0.15) is 0 Å². The van der Waals surface area contributed by atoms with E-state index >= 15 is 0 Å². The van der Waals surface area contributed by atoms with Gasteiger partial charge in [-0.25, -0.2) is 17.6 Å². The molecule has 3 nitrogen and oxygen atoms in total. The molecule has 0 fully saturated rings. The Morgan fingerprint density at radius 2 is 0.923 bits per heavy atom. The van der Waals surface area contributed by atoms with Crippen molar-refractivity contribution in [3.05, 3.63) is 0 Å². The van der Waals surface area contributed by atoms with Gasteiger partial charge in [-0.3, -0.25) is 4.55 Å². The van der Waals surface area contributed by atoms with E-state index in [4.69, 9.17) is 4.55 Å². The minimum atomic E-state index is -8.18. The lowest BCUT2D eigenvalue weighted by Gasteiger charge is -2.40. The molecule has 0 heterocycles. The average Bonchev–Trinajstić information content (AvgIpc) is 2.43. The van der Waals surface area contributed by atoms with Crippen LogP contribution in [-0.4, -0.2) is 60.7 Å². The van der Waals surface area contributed by atoms with Crippen LogP contribution in [0.2, 0.25) is 0 Å². The normalized spacial score (nSPS) is 18.2. The molecule has 158 valence electrons. The van der Waals surface area contributed by atoms with Gasteiger partial charge < -0.3 is 0 Å². The van der Waals surface area contributed by atoms with Gasteiger partial charge in [0.15, 0.2) is 0 Å². The Morgan fingerprint density at radius 1 is 0.615 bits per heavy atom. The molecule has 2 unspecified atom stereocenters. The van der Waals surface area contributed by atoms with Crippen LogP contribution in [0.15, 0.2) is 0 Å². The maximum absolute atomic E-state index is 13.0. The van der Waals surface area contributed by atoms with Gasteiger partial charge in [-0.2, -0.15) is 52.3 Å². The number of halogens is 14. The predicted molar refractivity (Wildman–Crippen MR) is 52.1 cm³/mol. The monoisotopic (exact) mass is 446 g/mol. The van der Waals surface area contributed by atoms with Crippen LogP contribution >= 0.6 is 0 Å². The van der Waals surface area contributed by atoms with E-state index in [0.29, 0.717) is 0 Å². The fraction of sp³-hybridized carbons (Fsp3) is 1.00. The number of hydrogen-bond donors (Lipinski definition) is 1. The van der Waals surface area contributed by atoms with Gasteiger partial charge in [0.2, 0.25) is 6.17 Å². The van der Waals surface area contributed by atoms with E-state index in [-0.39, 0.29) is 0 Å².